The normalized spacial score (nSPS) is 12.6. The zero-order chi connectivity index (χ0) is 53.6. The second-order valence-corrected chi connectivity index (χ2v) is 21.0. The molecule has 0 saturated carbocycles. The Morgan fingerprint density at radius 1 is 0.270 bits per heavy atom. The number of rotatable bonds is 57. The highest BCUT2D eigenvalue weighted by Crippen LogP contribution is 2.15. The third-order valence-corrected chi connectivity index (χ3v) is 13.6. The molecular weight excluding hydrogens is 913 g/mol. The van der Waals surface area contributed by atoms with Gasteiger partial charge in [0.15, 0.2) is 6.10 Å². The molecular formula is C68H118O6. The van der Waals surface area contributed by atoms with E-state index in [1.165, 1.54) is 161 Å². The van der Waals surface area contributed by atoms with E-state index in [1.54, 1.807) is 0 Å². The minimum absolute atomic E-state index is 0.0863. The molecule has 0 saturated heterocycles. The van der Waals surface area contributed by atoms with Crippen LogP contribution < -0.4 is 0 Å². The molecule has 426 valence electrons. The van der Waals surface area contributed by atoms with E-state index in [9.17, 15) is 14.4 Å². The number of allylic oxidation sites excluding steroid dienone is 14. The number of carbonyl (C=O) groups is 3. The maximum atomic E-state index is 12.9. The second kappa shape index (κ2) is 62.1. The Morgan fingerprint density at radius 3 is 0.824 bits per heavy atom. The largest absolute Gasteiger partial charge is 0.462 e. The molecule has 1 unspecified atom stereocenters. The lowest BCUT2D eigenvalue weighted by atomic mass is 10.1. The van der Waals surface area contributed by atoms with Crippen molar-refractivity contribution in [1.29, 1.82) is 0 Å². The van der Waals surface area contributed by atoms with Gasteiger partial charge in [0.2, 0.25) is 0 Å². The first-order valence-electron chi connectivity index (χ1n) is 31.6. The van der Waals surface area contributed by atoms with E-state index in [1.807, 2.05) is 0 Å². The summed E-state index contributed by atoms with van der Waals surface area (Å²) in [7, 11) is 0. The van der Waals surface area contributed by atoms with E-state index in [4.69, 9.17) is 14.2 Å². The van der Waals surface area contributed by atoms with Crippen molar-refractivity contribution in [3.05, 3.63) is 85.1 Å². The van der Waals surface area contributed by atoms with Crippen LogP contribution in [0.15, 0.2) is 85.1 Å². The first-order valence-corrected chi connectivity index (χ1v) is 31.6. The zero-order valence-electron chi connectivity index (χ0n) is 48.8. The highest BCUT2D eigenvalue weighted by atomic mass is 16.6. The van der Waals surface area contributed by atoms with Gasteiger partial charge >= 0.3 is 17.9 Å². The Bertz CT molecular complexity index is 1420. The highest BCUT2D eigenvalue weighted by molar-refractivity contribution is 5.71. The minimum Gasteiger partial charge on any atom is -0.462 e. The van der Waals surface area contributed by atoms with Crippen molar-refractivity contribution in [2.75, 3.05) is 13.2 Å². The van der Waals surface area contributed by atoms with Crippen LogP contribution in [0.5, 0.6) is 0 Å². The van der Waals surface area contributed by atoms with E-state index in [0.717, 1.165) is 109 Å². The van der Waals surface area contributed by atoms with E-state index < -0.39 is 6.10 Å². The number of hydrogen-bond acceptors (Lipinski definition) is 6. The van der Waals surface area contributed by atoms with Gasteiger partial charge in [-0.15, -0.1) is 0 Å². The van der Waals surface area contributed by atoms with Gasteiger partial charge < -0.3 is 14.2 Å². The smallest absolute Gasteiger partial charge is 0.306 e. The Kier molecular flexibility index (Phi) is 59.3. The summed E-state index contributed by atoms with van der Waals surface area (Å²) in [6, 6.07) is 0. The molecule has 0 aromatic rings. The molecule has 0 radical (unpaired) electrons. The average Bonchev–Trinajstić information content (AvgIpc) is 3.40. The summed E-state index contributed by atoms with van der Waals surface area (Å²) in [5.74, 6) is -0.905. The molecule has 1 atom stereocenters. The number of esters is 3. The molecule has 0 bridgehead atoms. The lowest BCUT2D eigenvalue weighted by Gasteiger charge is -2.18. The summed E-state index contributed by atoms with van der Waals surface area (Å²) in [5.41, 5.74) is 0. The van der Waals surface area contributed by atoms with Crippen LogP contribution in [0.1, 0.15) is 310 Å². The highest BCUT2D eigenvalue weighted by Gasteiger charge is 2.19. The van der Waals surface area contributed by atoms with Crippen LogP contribution in [0.4, 0.5) is 0 Å². The summed E-state index contributed by atoms with van der Waals surface area (Å²) < 4.78 is 16.9. The molecule has 0 aliphatic heterocycles. The van der Waals surface area contributed by atoms with Crippen LogP contribution >= 0.6 is 0 Å². The maximum Gasteiger partial charge on any atom is 0.306 e. The fourth-order valence-corrected chi connectivity index (χ4v) is 8.81. The molecule has 6 nitrogen and oxygen atoms in total. The topological polar surface area (TPSA) is 78.9 Å². The number of unbranched alkanes of at least 4 members (excludes halogenated alkanes) is 32. The standard InChI is InChI=1S/C68H118O6/c1-4-7-10-13-16-19-22-24-26-28-30-32-33-34-35-37-38-40-42-44-46-49-52-55-58-61-67(70)73-64-65(63-72-66(69)60-57-54-51-48-21-18-15-12-9-6-3)74-68(71)62-59-56-53-50-47-45-43-41-39-36-31-29-27-25-23-20-17-14-11-8-5-2/h12,15,22-25,28-31,33-34,39,41,65H,4-11,13-14,16-21,26-27,32,35-38,40,42-64H2,1-3H3/b15-12-,24-22-,25-23-,30-28-,31-29-,34-33-,41-39-. The van der Waals surface area contributed by atoms with Crippen LogP contribution in [0.3, 0.4) is 0 Å². The van der Waals surface area contributed by atoms with E-state index >= 15 is 0 Å². The molecule has 0 fully saturated rings. The molecule has 0 rings (SSSR count). The number of ether oxygens (including phenoxy) is 3. The molecule has 0 spiro atoms. The van der Waals surface area contributed by atoms with Crippen molar-refractivity contribution >= 4 is 17.9 Å². The van der Waals surface area contributed by atoms with E-state index in [-0.39, 0.29) is 31.1 Å². The lowest BCUT2D eigenvalue weighted by Crippen LogP contribution is -2.30. The van der Waals surface area contributed by atoms with Gasteiger partial charge in [-0.05, 0) is 116 Å². The summed E-state index contributed by atoms with van der Waals surface area (Å²) in [5, 5.41) is 0. The predicted molar refractivity (Wildman–Crippen MR) is 321 cm³/mol. The number of carbonyl (C=O) groups excluding carboxylic acids is 3. The van der Waals surface area contributed by atoms with Crippen LogP contribution in [0.2, 0.25) is 0 Å². The fourth-order valence-electron chi connectivity index (χ4n) is 8.81. The first-order chi connectivity index (χ1) is 36.5. The molecule has 74 heavy (non-hydrogen) atoms. The third-order valence-electron chi connectivity index (χ3n) is 13.6. The van der Waals surface area contributed by atoms with Crippen molar-refractivity contribution in [3.63, 3.8) is 0 Å². The molecule has 6 heteroatoms. The predicted octanol–water partition coefficient (Wildman–Crippen LogP) is 21.5. The van der Waals surface area contributed by atoms with Crippen molar-refractivity contribution in [2.45, 2.75) is 316 Å². The van der Waals surface area contributed by atoms with Crippen molar-refractivity contribution in [1.82, 2.24) is 0 Å². The fraction of sp³-hybridized carbons (Fsp3) is 0.750. The summed E-state index contributed by atoms with van der Waals surface area (Å²) in [4.78, 5) is 38.2. The van der Waals surface area contributed by atoms with Gasteiger partial charge in [0.25, 0.3) is 0 Å². The van der Waals surface area contributed by atoms with Gasteiger partial charge in [0, 0.05) is 19.3 Å². The van der Waals surface area contributed by atoms with E-state index in [0.29, 0.717) is 19.3 Å². The first kappa shape index (κ1) is 70.6. The van der Waals surface area contributed by atoms with Crippen LogP contribution in [-0.4, -0.2) is 37.2 Å². The Morgan fingerprint density at radius 2 is 0.514 bits per heavy atom. The van der Waals surface area contributed by atoms with Crippen molar-refractivity contribution in [2.24, 2.45) is 0 Å². The van der Waals surface area contributed by atoms with Crippen molar-refractivity contribution < 1.29 is 28.6 Å². The maximum absolute atomic E-state index is 12.9. The molecule has 0 aliphatic carbocycles. The van der Waals surface area contributed by atoms with Crippen LogP contribution in [0, 0.1) is 0 Å². The van der Waals surface area contributed by atoms with Crippen LogP contribution in [-0.2, 0) is 28.6 Å². The summed E-state index contributed by atoms with van der Waals surface area (Å²) in [6.07, 6.45) is 81.6. The van der Waals surface area contributed by atoms with Gasteiger partial charge in [-0.1, -0.05) is 260 Å². The summed E-state index contributed by atoms with van der Waals surface area (Å²) in [6.45, 7) is 6.56. The van der Waals surface area contributed by atoms with Gasteiger partial charge in [-0.3, -0.25) is 14.4 Å². The second-order valence-electron chi connectivity index (χ2n) is 21.0. The molecule has 0 aromatic heterocycles. The molecule has 0 amide bonds. The minimum atomic E-state index is -0.789. The third kappa shape index (κ3) is 59.5. The SMILES string of the molecule is CCC/C=C\CCCCCCCC(=O)OCC(COC(=O)CCCCCCCCCCCC/C=C\C/C=C\C/C=C\CCCCCCC)OC(=O)CCCCCCCC/C=C\C/C=C\C/C=C\CCCCCCC. The Balaban J connectivity index is 4.29. The van der Waals surface area contributed by atoms with Crippen LogP contribution in [0.25, 0.3) is 0 Å². The number of hydrogen-bond donors (Lipinski definition) is 0. The summed E-state index contributed by atoms with van der Waals surface area (Å²) >= 11 is 0. The molecule has 0 N–H and O–H groups in total. The molecule has 0 aromatic carbocycles. The average molecular weight is 1030 g/mol. The van der Waals surface area contributed by atoms with Gasteiger partial charge in [0.1, 0.15) is 13.2 Å². The zero-order valence-corrected chi connectivity index (χ0v) is 48.8. The van der Waals surface area contributed by atoms with E-state index in [2.05, 4.69) is 106 Å². The van der Waals surface area contributed by atoms with Gasteiger partial charge in [-0.25, -0.2) is 0 Å². The Labute approximate surface area is 458 Å². The monoisotopic (exact) mass is 1030 g/mol. The van der Waals surface area contributed by atoms with Crippen molar-refractivity contribution in [3.8, 4) is 0 Å². The molecule has 0 heterocycles. The lowest BCUT2D eigenvalue weighted by molar-refractivity contribution is -0.167. The van der Waals surface area contributed by atoms with Gasteiger partial charge in [0.05, 0.1) is 0 Å². The van der Waals surface area contributed by atoms with Gasteiger partial charge in [-0.2, -0.15) is 0 Å². The Hall–Kier alpha value is -3.41. The molecule has 0 aliphatic rings. The quantitative estimate of drug-likeness (QED) is 0.0261.